The fraction of sp³-hybridized carbons (Fsp3) is 0.294. The lowest BCUT2D eigenvalue weighted by Crippen LogP contribution is -2.16. The molecule has 2 heterocycles. The highest BCUT2D eigenvalue weighted by molar-refractivity contribution is 7.98. The fourth-order valence-electron chi connectivity index (χ4n) is 2.59. The van der Waals surface area contributed by atoms with Gasteiger partial charge in [-0.1, -0.05) is 17.7 Å². The van der Waals surface area contributed by atoms with Crippen LogP contribution < -0.4 is 5.32 Å². The van der Waals surface area contributed by atoms with Crippen molar-refractivity contribution < 1.29 is 0 Å². The molecular formula is C17H16ClN3S. The van der Waals surface area contributed by atoms with Crippen LogP contribution >= 0.6 is 23.4 Å². The number of halogens is 1. The maximum absolute atomic E-state index is 8.81. The average Bonchev–Trinajstić information content (AvgIpc) is 2.80. The minimum atomic E-state index is 0.589. The van der Waals surface area contributed by atoms with E-state index < -0.39 is 0 Å². The van der Waals surface area contributed by atoms with E-state index in [1.807, 2.05) is 12.1 Å². The molecule has 0 spiro atoms. The van der Waals surface area contributed by atoms with E-state index in [2.05, 4.69) is 22.4 Å². The first kappa shape index (κ1) is 15.4. The van der Waals surface area contributed by atoms with Crippen molar-refractivity contribution in [2.24, 2.45) is 0 Å². The minimum absolute atomic E-state index is 0.589. The number of benzene rings is 1. The molecule has 1 aromatic carbocycles. The van der Waals surface area contributed by atoms with Gasteiger partial charge >= 0.3 is 0 Å². The maximum Gasteiger partial charge on any atom is 0.101 e. The largest absolute Gasteiger partial charge is 0.316 e. The third kappa shape index (κ3) is 3.44. The quantitative estimate of drug-likeness (QED) is 0.874. The van der Waals surface area contributed by atoms with Crippen LogP contribution in [0.5, 0.6) is 0 Å². The number of aromatic nitrogens is 1. The minimum Gasteiger partial charge on any atom is -0.316 e. The summed E-state index contributed by atoms with van der Waals surface area (Å²) in [6.45, 7) is 2.02. The van der Waals surface area contributed by atoms with Crippen molar-refractivity contribution >= 4 is 23.4 Å². The molecule has 0 aliphatic carbocycles. The van der Waals surface area contributed by atoms with E-state index in [9.17, 15) is 0 Å². The Balaban J connectivity index is 1.81. The highest BCUT2D eigenvalue weighted by Crippen LogP contribution is 2.35. The number of nitrogens with zero attached hydrogens (tertiary/aromatic N) is 2. The van der Waals surface area contributed by atoms with E-state index in [0.29, 0.717) is 5.56 Å². The number of fused-ring (bicyclic) bond motifs is 1. The van der Waals surface area contributed by atoms with Gasteiger partial charge in [-0.15, -0.1) is 11.8 Å². The van der Waals surface area contributed by atoms with Gasteiger partial charge in [0, 0.05) is 16.8 Å². The summed E-state index contributed by atoms with van der Waals surface area (Å²) in [6.07, 6.45) is 3.68. The van der Waals surface area contributed by atoms with Crippen molar-refractivity contribution in [1.82, 2.24) is 10.3 Å². The van der Waals surface area contributed by atoms with Crippen LogP contribution in [0, 0.1) is 11.3 Å². The third-order valence-electron chi connectivity index (χ3n) is 3.75. The number of hydrogen-bond acceptors (Lipinski definition) is 4. The van der Waals surface area contributed by atoms with Crippen LogP contribution in [-0.4, -0.2) is 18.1 Å². The molecule has 3 nitrogen and oxygen atoms in total. The van der Waals surface area contributed by atoms with Crippen molar-refractivity contribution in [2.75, 3.05) is 13.1 Å². The van der Waals surface area contributed by atoms with Crippen LogP contribution in [0.1, 0.15) is 22.4 Å². The number of hydrogen-bond donors (Lipinski definition) is 1. The molecule has 0 fully saturated rings. The molecule has 0 radical (unpaired) electrons. The lowest BCUT2D eigenvalue weighted by atomic mass is 10.0. The molecule has 2 aromatic rings. The summed E-state index contributed by atoms with van der Waals surface area (Å²) >= 11 is 8.16. The number of rotatable bonds is 3. The van der Waals surface area contributed by atoms with Crippen molar-refractivity contribution in [3.63, 3.8) is 0 Å². The molecule has 112 valence electrons. The molecule has 0 bridgehead atoms. The Hall–Kier alpha value is -1.54. The predicted molar refractivity (Wildman–Crippen MR) is 90.2 cm³/mol. The number of nitriles is 1. The van der Waals surface area contributed by atoms with Crippen molar-refractivity contribution in [2.45, 2.75) is 23.5 Å². The van der Waals surface area contributed by atoms with Gasteiger partial charge in [0.2, 0.25) is 0 Å². The van der Waals surface area contributed by atoms with Crippen LogP contribution in [0.25, 0.3) is 0 Å². The summed E-state index contributed by atoms with van der Waals surface area (Å²) in [6, 6.07) is 9.95. The lowest BCUT2D eigenvalue weighted by Gasteiger charge is -2.13. The smallest absolute Gasteiger partial charge is 0.101 e. The molecule has 0 saturated carbocycles. The highest BCUT2D eigenvalue weighted by Gasteiger charge is 2.15. The van der Waals surface area contributed by atoms with Gasteiger partial charge in [-0.25, -0.2) is 0 Å². The van der Waals surface area contributed by atoms with Gasteiger partial charge in [0.1, 0.15) is 6.07 Å². The van der Waals surface area contributed by atoms with E-state index in [4.69, 9.17) is 16.9 Å². The number of pyridine rings is 1. The summed E-state index contributed by atoms with van der Waals surface area (Å²) in [5, 5.41) is 13.1. The zero-order valence-corrected chi connectivity index (χ0v) is 13.7. The zero-order chi connectivity index (χ0) is 15.4. The fourth-order valence-corrected chi connectivity index (χ4v) is 4.00. The molecule has 0 unspecified atom stereocenters. The van der Waals surface area contributed by atoms with Crippen LogP contribution in [0.15, 0.2) is 35.4 Å². The highest BCUT2D eigenvalue weighted by atomic mass is 35.5. The predicted octanol–water partition coefficient (Wildman–Crippen LogP) is 3.59. The van der Waals surface area contributed by atoms with Crippen molar-refractivity contribution in [1.29, 1.82) is 5.26 Å². The second-order valence-corrected chi connectivity index (χ2v) is 6.60. The van der Waals surface area contributed by atoms with Crippen LogP contribution in [0.2, 0.25) is 5.02 Å². The molecule has 1 aromatic heterocycles. The van der Waals surface area contributed by atoms with Crippen LogP contribution in [-0.2, 0) is 18.6 Å². The topological polar surface area (TPSA) is 48.7 Å². The van der Waals surface area contributed by atoms with Gasteiger partial charge in [0.15, 0.2) is 0 Å². The Kier molecular flexibility index (Phi) is 4.99. The van der Waals surface area contributed by atoms with Gasteiger partial charge in [-0.3, -0.25) is 4.98 Å². The van der Waals surface area contributed by atoms with E-state index in [0.717, 1.165) is 42.4 Å². The second-order valence-electron chi connectivity index (χ2n) is 5.20. The lowest BCUT2D eigenvalue weighted by molar-refractivity contribution is 0.709. The molecule has 22 heavy (non-hydrogen) atoms. The standard InChI is InChI=1S/C17H16ClN3S/c18-16-4-2-13-5-7-20-8-6-15(13)17(16)22-11-14-3-1-12(9-19)10-21-14/h1-4,10,20H,5-8,11H2. The number of nitrogens with one attached hydrogen (secondary N) is 1. The molecule has 0 atom stereocenters. The molecule has 5 heteroatoms. The Bertz CT molecular complexity index is 707. The molecule has 0 saturated heterocycles. The normalized spacial score (nSPS) is 14.0. The molecule has 3 rings (SSSR count). The number of thioether (sulfide) groups is 1. The molecule has 0 amide bonds. The second kappa shape index (κ2) is 7.15. The van der Waals surface area contributed by atoms with Gasteiger partial charge < -0.3 is 5.32 Å². The Morgan fingerprint density at radius 1 is 1.23 bits per heavy atom. The molecular weight excluding hydrogens is 314 g/mol. The SMILES string of the molecule is N#Cc1ccc(CSc2c(Cl)ccc3c2CCNCC3)nc1. The van der Waals surface area contributed by atoms with E-state index in [1.165, 1.54) is 16.0 Å². The monoisotopic (exact) mass is 329 g/mol. The molecule has 1 aliphatic heterocycles. The van der Waals surface area contributed by atoms with E-state index >= 15 is 0 Å². The Morgan fingerprint density at radius 2 is 2.09 bits per heavy atom. The average molecular weight is 330 g/mol. The first-order chi connectivity index (χ1) is 10.8. The zero-order valence-electron chi connectivity index (χ0n) is 12.1. The van der Waals surface area contributed by atoms with Gasteiger partial charge in [0.05, 0.1) is 16.3 Å². The Morgan fingerprint density at radius 3 is 2.86 bits per heavy atom. The third-order valence-corrected chi connectivity index (χ3v) is 5.37. The summed E-state index contributed by atoms with van der Waals surface area (Å²) in [5.41, 5.74) is 4.32. The summed E-state index contributed by atoms with van der Waals surface area (Å²) < 4.78 is 0. The van der Waals surface area contributed by atoms with Crippen molar-refractivity contribution in [3.8, 4) is 6.07 Å². The summed E-state index contributed by atoms with van der Waals surface area (Å²) in [5.74, 6) is 0.759. The van der Waals surface area contributed by atoms with Crippen LogP contribution in [0.4, 0.5) is 0 Å². The van der Waals surface area contributed by atoms with E-state index in [-0.39, 0.29) is 0 Å². The van der Waals surface area contributed by atoms with E-state index in [1.54, 1.807) is 24.0 Å². The van der Waals surface area contributed by atoms with Gasteiger partial charge in [0.25, 0.3) is 0 Å². The summed E-state index contributed by atoms with van der Waals surface area (Å²) in [7, 11) is 0. The first-order valence-corrected chi connectivity index (χ1v) is 8.63. The molecule has 1 aliphatic rings. The van der Waals surface area contributed by atoms with Crippen molar-refractivity contribution in [3.05, 3.63) is 57.9 Å². The van der Waals surface area contributed by atoms with Gasteiger partial charge in [-0.05, 0) is 55.3 Å². The van der Waals surface area contributed by atoms with Crippen LogP contribution in [0.3, 0.4) is 0 Å². The van der Waals surface area contributed by atoms with Gasteiger partial charge in [-0.2, -0.15) is 5.26 Å². The summed E-state index contributed by atoms with van der Waals surface area (Å²) in [4.78, 5) is 5.50. The molecule has 1 N–H and O–H groups in total. The Labute approximate surface area is 139 Å². The maximum atomic E-state index is 8.81. The first-order valence-electron chi connectivity index (χ1n) is 7.27.